The first-order valence-corrected chi connectivity index (χ1v) is 7.47. The third-order valence-electron chi connectivity index (χ3n) is 3.10. The Balaban J connectivity index is 1.74. The van der Waals surface area contributed by atoms with Crippen molar-refractivity contribution in [2.75, 3.05) is 11.9 Å². The van der Waals surface area contributed by atoms with Crippen molar-refractivity contribution in [3.05, 3.63) is 64.7 Å². The first kappa shape index (κ1) is 17.9. The van der Waals surface area contributed by atoms with Gasteiger partial charge >= 0.3 is 5.97 Å². The first-order chi connectivity index (χ1) is 11.4. The van der Waals surface area contributed by atoms with Gasteiger partial charge in [-0.2, -0.15) is 0 Å². The van der Waals surface area contributed by atoms with Crippen LogP contribution in [0.15, 0.2) is 42.5 Å². The molecule has 0 atom stereocenters. The molecule has 0 heterocycles. The lowest BCUT2D eigenvalue weighted by molar-refractivity contribution is -0.147. The van der Waals surface area contributed by atoms with Gasteiger partial charge in [0, 0.05) is 6.42 Å². The predicted octanol–water partition coefficient (Wildman–Crippen LogP) is 3.73. The number of hydrogen-bond donors (Lipinski definition) is 1. The molecule has 0 radical (unpaired) electrons. The quantitative estimate of drug-likeness (QED) is 0.805. The zero-order chi connectivity index (χ0) is 17.5. The van der Waals surface area contributed by atoms with E-state index in [1.807, 2.05) is 0 Å². The van der Waals surface area contributed by atoms with E-state index >= 15 is 0 Å². The number of carbonyl (C=O) groups excluding carboxylic acids is 2. The van der Waals surface area contributed by atoms with Crippen molar-refractivity contribution >= 4 is 29.2 Å². The second-order valence-electron chi connectivity index (χ2n) is 4.96. The number of benzene rings is 2. The molecule has 0 unspecified atom stereocenters. The van der Waals surface area contributed by atoms with E-state index in [1.54, 1.807) is 12.1 Å². The van der Waals surface area contributed by atoms with Crippen LogP contribution in [0.1, 0.15) is 12.0 Å². The van der Waals surface area contributed by atoms with Crippen LogP contribution in [0.3, 0.4) is 0 Å². The van der Waals surface area contributed by atoms with Crippen molar-refractivity contribution in [2.24, 2.45) is 0 Å². The number of hydrogen-bond acceptors (Lipinski definition) is 3. The number of anilines is 1. The highest BCUT2D eigenvalue weighted by Gasteiger charge is 2.10. The molecule has 2 aromatic carbocycles. The van der Waals surface area contributed by atoms with Gasteiger partial charge in [0.15, 0.2) is 6.61 Å². The van der Waals surface area contributed by atoms with Crippen LogP contribution in [0.25, 0.3) is 0 Å². The lowest BCUT2D eigenvalue weighted by Gasteiger charge is -2.08. The molecule has 7 heteroatoms. The molecule has 0 aliphatic heterocycles. The fourth-order valence-electron chi connectivity index (χ4n) is 1.89. The van der Waals surface area contributed by atoms with Crippen molar-refractivity contribution in [3.63, 3.8) is 0 Å². The van der Waals surface area contributed by atoms with E-state index < -0.39 is 24.3 Å². The molecule has 2 rings (SSSR count). The Morgan fingerprint density at radius 2 is 1.71 bits per heavy atom. The molecule has 126 valence electrons. The van der Waals surface area contributed by atoms with Crippen LogP contribution in [-0.4, -0.2) is 18.5 Å². The molecule has 0 aliphatic carbocycles. The Hall–Kier alpha value is -2.47. The highest BCUT2D eigenvalue weighted by molar-refractivity contribution is 6.33. The van der Waals surface area contributed by atoms with Gasteiger partial charge in [-0.15, -0.1) is 0 Å². The van der Waals surface area contributed by atoms with Crippen LogP contribution in [0.5, 0.6) is 0 Å². The summed E-state index contributed by atoms with van der Waals surface area (Å²) in [7, 11) is 0. The van der Waals surface area contributed by atoms with E-state index in [2.05, 4.69) is 5.32 Å². The molecule has 0 spiro atoms. The van der Waals surface area contributed by atoms with E-state index in [1.165, 1.54) is 18.2 Å². The van der Waals surface area contributed by atoms with Gasteiger partial charge in [0.2, 0.25) is 0 Å². The number of rotatable bonds is 6. The molecule has 0 fully saturated rings. The Bertz CT molecular complexity index is 735. The van der Waals surface area contributed by atoms with Crippen molar-refractivity contribution in [3.8, 4) is 0 Å². The Morgan fingerprint density at radius 1 is 1.04 bits per heavy atom. The predicted molar refractivity (Wildman–Crippen MR) is 85.7 cm³/mol. The third-order valence-corrected chi connectivity index (χ3v) is 3.41. The molecule has 0 bridgehead atoms. The van der Waals surface area contributed by atoms with Crippen molar-refractivity contribution in [2.45, 2.75) is 12.8 Å². The molecular weight excluding hydrogens is 340 g/mol. The number of esters is 1. The summed E-state index contributed by atoms with van der Waals surface area (Å²) >= 11 is 5.78. The van der Waals surface area contributed by atoms with E-state index in [9.17, 15) is 18.4 Å². The zero-order valence-corrected chi connectivity index (χ0v) is 13.3. The highest BCUT2D eigenvalue weighted by Crippen LogP contribution is 2.22. The lowest BCUT2D eigenvalue weighted by atomic mass is 10.1. The first-order valence-electron chi connectivity index (χ1n) is 7.09. The molecule has 0 saturated heterocycles. The van der Waals surface area contributed by atoms with Gasteiger partial charge < -0.3 is 10.1 Å². The van der Waals surface area contributed by atoms with Crippen molar-refractivity contribution in [1.29, 1.82) is 0 Å². The molecule has 2 aromatic rings. The van der Waals surface area contributed by atoms with Crippen LogP contribution in [0, 0.1) is 11.6 Å². The second-order valence-corrected chi connectivity index (χ2v) is 5.37. The minimum Gasteiger partial charge on any atom is -0.456 e. The van der Waals surface area contributed by atoms with Crippen LogP contribution >= 0.6 is 11.6 Å². The zero-order valence-electron chi connectivity index (χ0n) is 12.5. The summed E-state index contributed by atoms with van der Waals surface area (Å²) in [5, 5.41) is 2.46. The summed E-state index contributed by atoms with van der Waals surface area (Å²) in [6.07, 6.45) is 0.445. The fourth-order valence-corrected chi connectivity index (χ4v) is 2.11. The number of nitrogens with one attached hydrogen (secondary N) is 1. The number of halogens is 3. The molecular formula is C17H14ClF2NO3. The average molecular weight is 354 g/mol. The summed E-state index contributed by atoms with van der Waals surface area (Å²) in [6, 6.07) is 9.28. The van der Waals surface area contributed by atoms with Crippen LogP contribution in [-0.2, 0) is 20.7 Å². The lowest BCUT2D eigenvalue weighted by Crippen LogP contribution is -2.21. The van der Waals surface area contributed by atoms with Crippen molar-refractivity contribution in [1.82, 2.24) is 0 Å². The maximum atomic E-state index is 12.9. The van der Waals surface area contributed by atoms with E-state index in [0.29, 0.717) is 6.42 Å². The molecule has 0 aromatic heterocycles. The third kappa shape index (κ3) is 5.62. The summed E-state index contributed by atoms with van der Waals surface area (Å²) in [6.45, 7) is -0.476. The number of amides is 1. The van der Waals surface area contributed by atoms with Crippen molar-refractivity contribution < 1.29 is 23.1 Å². The van der Waals surface area contributed by atoms with Gasteiger partial charge in [-0.05, 0) is 42.3 Å². The summed E-state index contributed by atoms with van der Waals surface area (Å²) in [4.78, 5) is 23.3. The van der Waals surface area contributed by atoms with Crippen LogP contribution < -0.4 is 5.32 Å². The van der Waals surface area contributed by atoms with E-state index in [-0.39, 0.29) is 22.9 Å². The molecule has 1 N–H and O–H groups in total. The monoisotopic (exact) mass is 353 g/mol. The maximum absolute atomic E-state index is 12.9. The average Bonchev–Trinajstić information content (AvgIpc) is 2.55. The second kappa shape index (κ2) is 8.40. The maximum Gasteiger partial charge on any atom is 0.306 e. The normalized spacial score (nSPS) is 10.3. The fraction of sp³-hybridized carbons (Fsp3) is 0.176. The molecule has 4 nitrogen and oxygen atoms in total. The SMILES string of the molecule is O=C(COC(=O)CCc1ccc(F)cc1)Nc1ccc(F)cc1Cl. The minimum atomic E-state index is -0.585. The number of carbonyl (C=O) groups is 2. The summed E-state index contributed by atoms with van der Waals surface area (Å²) < 4.78 is 30.5. The van der Waals surface area contributed by atoms with Gasteiger partial charge in [0.05, 0.1) is 10.7 Å². The van der Waals surface area contributed by atoms with Gasteiger partial charge in [-0.25, -0.2) is 8.78 Å². The Labute approximate surface area is 142 Å². The largest absolute Gasteiger partial charge is 0.456 e. The van der Waals surface area contributed by atoms with E-state index in [4.69, 9.17) is 16.3 Å². The number of ether oxygens (including phenoxy) is 1. The summed E-state index contributed by atoms with van der Waals surface area (Å²) in [5.41, 5.74) is 1.02. The molecule has 24 heavy (non-hydrogen) atoms. The van der Waals surface area contributed by atoms with Gasteiger partial charge in [-0.1, -0.05) is 23.7 Å². The smallest absolute Gasteiger partial charge is 0.306 e. The molecule has 0 saturated carbocycles. The molecule has 1 amide bonds. The standard InChI is InChI=1S/C17H14ClF2NO3/c18-14-9-13(20)6-7-15(14)21-16(22)10-24-17(23)8-3-11-1-4-12(19)5-2-11/h1-2,4-7,9H,3,8,10H2,(H,21,22). The highest BCUT2D eigenvalue weighted by atomic mass is 35.5. The number of aryl methyl sites for hydroxylation is 1. The molecule has 0 aliphatic rings. The van der Waals surface area contributed by atoms with Gasteiger partial charge in [-0.3, -0.25) is 9.59 Å². The van der Waals surface area contributed by atoms with Crippen LogP contribution in [0.4, 0.5) is 14.5 Å². The van der Waals surface area contributed by atoms with Crippen LogP contribution in [0.2, 0.25) is 5.02 Å². The Kier molecular flexibility index (Phi) is 6.26. The van der Waals surface area contributed by atoms with Gasteiger partial charge in [0.1, 0.15) is 11.6 Å². The topological polar surface area (TPSA) is 55.4 Å². The Morgan fingerprint density at radius 3 is 2.38 bits per heavy atom. The van der Waals surface area contributed by atoms with E-state index in [0.717, 1.165) is 17.7 Å². The minimum absolute atomic E-state index is 0.0472. The summed E-state index contributed by atoms with van der Waals surface area (Å²) in [5.74, 6) is -2.01. The van der Waals surface area contributed by atoms with Gasteiger partial charge in [0.25, 0.3) is 5.91 Å².